The Bertz CT molecular complexity index is 455. The predicted octanol–water partition coefficient (Wildman–Crippen LogP) is 6.42. The molecule has 0 amide bonds. The fourth-order valence-corrected chi connectivity index (χ4v) is 7.79. The van der Waals surface area contributed by atoms with Crippen LogP contribution in [-0.2, 0) is 0 Å². The normalized spacial score (nSPS) is 30.7. The largest absolute Gasteiger partial charge is 0.424 e. The monoisotopic (exact) mass is 316 g/mol. The average Bonchev–Trinajstić information content (AvgIpc) is 1.94. The maximum Gasteiger partial charge on any atom is 0.424 e. The Balaban J connectivity index is 3.45. The van der Waals surface area contributed by atoms with E-state index in [-0.39, 0.29) is 6.54 Å². The van der Waals surface area contributed by atoms with Crippen LogP contribution in [0.3, 0.4) is 0 Å². The zero-order valence-electron chi connectivity index (χ0n) is 9.30. The minimum absolute atomic E-state index is 0.0189. The molecule has 0 aliphatic carbocycles. The summed E-state index contributed by atoms with van der Waals surface area (Å²) in [5.41, 5.74) is 0. The first-order valence-corrected chi connectivity index (χ1v) is 9.17. The number of halogens is 5. The van der Waals surface area contributed by atoms with Crippen molar-refractivity contribution < 1.29 is 21.0 Å². The van der Waals surface area contributed by atoms with E-state index in [4.69, 9.17) is 0 Å². The Morgan fingerprint density at radius 3 is 1.76 bits per heavy atom. The molecule has 0 N–H and O–H groups in total. The summed E-state index contributed by atoms with van der Waals surface area (Å²) in [5, 5.41) is 0. The molecule has 0 radical (unpaired) electrons. The average molecular weight is 316 g/mol. The van der Waals surface area contributed by atoms with E-state index in [9.17, 15) is 21.0 Å². The van der Waals surface area contributed by atoms with Gasteiger partial charge in [-0.25, -0.2) is 4.67 Å². The zero-order valence-corrected chi connectivity index (χ0v) is 12.0. The summed E-state index contributed by atoms with van der Waals surface area (Å²) < 4.78 is 74.2. The minimum atomic E-state index is -5.60. The molecule has 0 saturated heterocycles. The first-order chi connectivity index (χ1) is 7.51. The van der Waals surface area contributed by atoms with Crippen LogP contribution in [0, 0.1) is 0 Å². The number of nitrogens with zero attached hydrogens (tertiary/aromatic N) is 4. The van der Waals surface area contributed by atoms with Crippen molar-refractivity contribution in [1.82, 2.24) is 4.67 Å². The van der Waals surface area contributed by atoms with Crippen molar-refractivity contribution in [3.63, 3.8) is 0 Å². The topological polar surface area (TPSA) is 40.3 Å². The molecule has 1 rings (SSSR count). The lowest BCUT2D eigenvalue weighted by molar-refractivity contribution is 0.379. The highest BCUT2D eigenvalue weighted by molar-refractivity contribution is 7.78. The quantitative estimate of drug-likeness (QED) is 0.437. The van der Waals surface area contributed by atoms with Gasteiger partial charge in [-0.15, -0.1) is 30.3 Å². The molecule has 1 heterocycles. The van der Waals surface area contributed by atoms with Gasteiger partial charge < -0.3 is 0 Å². The summed E-state index contributed by atoms with van der Waals surface area (Å²) in [6.45, 7) is 4.48. The number of rotatable bonds is 3. The van der Waals surface area contributed by atoms with Crippen molar-refractivity contribution in [3.8, 4) is 0 Å². The molecule has 1 atom stereocenters. The molecule has 1 aliphatic heterocycles. The third kappa shape index (κ3) is 3.63. The maximum atomic E-state index is 14.2. The third-order valence-corrected chi connectivity index (χ3v) is 8.57. The molecule has 0 aromatic carbocycles. The van der Waals surface area contributed by atoms with Crippen LogP contribution in [0.5, 0.6) is 0 Å². The van der Waals surface area contributed by atoms with Crippen LogP contribution >= 0.6 is 23.3 Å². The van der Waals surface area contributed by atoms with Crippen LogP contribution in [-0.4, -0.2) is 17.3 Å². The highest BCUT2D eigenvalue weighted by Crippen LogP contribution is 2.82. The van der Waals surface area contributed by atoms with Gasteiger partial charge in [0.25, 0.3) is 0 Å². The Morgan fingerprint density at radius 2 is 1.41 bits per heavy atom. The predicted molar refractivity (Wildman–Crippen MR) is 61.1 cm³/mol. The second kappa shape index (κ2) is 4.76. The molecule has 0 aromatic rings. The van der Waals surface area contributed by atoms with E-state index in [1.807, 2.05) is 4.52 Å². The van der Waals surface area contributed by atoms with Gasteiger partial charge in [0.15, 0.2) is 0 Å². The van der Waals surface area contributed by atoms with Gasteiger partial charge in [0.05, 0.1) is 0 Å². The minimum Gasteiger partial charge on any atom is -0.224 e. The van der Waals surface area contributed by atoms with E-state index < -0.39 is 29.4 Å². The Hall–Kier alpha value is 0.300. The van der Waals surface area contributed by atoms with Crippen molar-refractivity contribution in [1.29, 1.82) is 0 Å². The SMILES string of the molecule is CCN(C(C)C)P1(F)=NP(F)(F)=NP(F)(F)=N1. The molecule has 0 fully saturated rings. The van der Waals surface area contributed by atoms with E-state index in [1.165, 1.54) is 20.8 Å². The van der Waals surface area contributed by atoms with Crippen LogP contribution in [0.25, 0.3) is 0 Å². The number of hydrogen-bond acceptors (Lipinski definition) is 4. The summed E-state index contributed by atoms with van der Waals surface area (Å²) >= 11 is 0. The highest BCUT2D eigenvalue weighted by atomic mass is 31.3. The van der Waals surface area contributed by atoms with Gasteiger partial charge in [-0.1, -0.05) is 6.92 Å². The van der Waals surface area contributed by atoms with Crippen molar-refractivity contribution in [2.45, 2.75) is 26.8 Å². The first-order valence-electron chi connectivity index (χ1n) is 4.68. The zero-order chi connectivity index (χ0) is 13.5. The molecule has 0 spiro atoms. The third-order valence-electron chi connectivity index (χ3n) is 1.91. The van der Waals surface area contributed by atoms with Crippen LogP contribution in [0.4, 0.5) is 21.0 Å². The van der Waals surface area contributed by atoms with Gasteiger partial charge in [0, 0.05) is 12.6 Å². The molecule has 102 valence electrons. The van der Waals surface area contributed by atoms with Gasteiger partial charge >= 0.3 is 23.3 Å². The molecule has 1 unspecified atom stereocenters. The highest BCUT2D eigenvalue weighted by Gasteiger charge is 2.42. The van der Waals surface area contributed by atoms with Crippen LogP contribution in [0.2, 0.25) is 0 Å². The smallest absolute Gasteiger partial charge is 0.224 e. The van der Waals surface area contributed by atoms with E-state index >= 15 is 0 Å². The molecule has 0 aromatic heterocycles. The summed E-state index contributed by atoms with van der Waals surface area (Å²) in [6.07, 6.45) is 0. The van der Waals surface area contributed by atoms with Gasteiger partial charge in [0.2, 0.25) is 0 Å². The molecule has 0 saturated carbocycles. The summed E-state index contributed by atoms with van der Waals surface area (Å²) in [7, 11) is -15.9. The van der Waals surface area contributed by atoms with Gasteiger partial charge in [-0.05, 0) is 13.8 Å². The Labute approximate surface area is 96.6 Å². The lowest BCUT2D eigenvalue weighted by Crippen LogP contribution is -2.25. The molecule has 1 aliphatic rings. The molecule has 17 heavy (non-hydrogen) atoms. The summed E-state index contributed by atoms with van der Waals surface area (Å²) in [6, 6.07) is -0.538. The van der Waals surface area contributed by atoms with Crippen LogP contribution < -0.4 is 0 Å². The molecular formula is C5H12F5N4P3. The van der Waals surface area contributed by atoms with E-state index in [2.05, 4.69) is 9.03 Å². The second-order valence-electron chi connectivity index (χ2n) is 3.52. The molecule has 4 nitrogen and oxygen atoms in total. The summed E-state index contributed by atoms with van der Waals surface area (Å²) in [5.74, 6) is 0. The van der Waals surface area contributed by atoms with Gasteiger partial charge in [0.1, 0.15) is 0 Å². The number of hydrogen-bond donors (Lipinski definition) is 0. The lowest BCUT2D eigenvalue weighted by atomic mass is 10.4. The van der Waals surface area contributed by atoms with E-state index in [0.717, 1.165) is 4.67 Å². The lowest BCUT2D eigenvalue weighted by Gasteiger charge is -2.30. The van der Waals surface area contributed by atoms with Crippen LogP contribution in [0.15, 0.2) is 13.5 Å². The molecule has 12 heteroatoms. The van der Waals surface area contributed by atoms with Crippen molar-refractivity contribution in [2.75, 3.05) is 6.54 Å². The maximum absolute atomic E-state index is 14.2. The van der Waals surface area contributed by atoms with Gasteiger partial charge in [-0.2, -0.15) is 4.20 Å². The molecular weight excluding hydrogens is 304 g/mol. The summed E-state index contributed by atoms with van der Waals surface area (Å²) in [4.78, 5) is 0. The van der Waals surface area contributed by atoms with Gasteiger partial charge in [-0.3, -0.25) is 0 Å². The Kier molecular flexibility index (Phi) is 4.30. The fourth-order valence-electron chi connectivity index (χ4n) is 1.40. The van der Waals surface area contributed by atoms with Crippen LogP contribution in [0.1, 0.15) is 20.8 Å². The van der Waals surface area contributed by atoms with E-state index in [1.54, 1.807) is 0 Å². The van der Waals surface area contributed by atoms with E-state index in [0.29, 0.717) is 0 Å². The van der Waals surface area contributed by atoms with Crippen molar-refractivity contribution in [3.05, 3.63) is 0 Å². The standard InChI is InChI=1S/C5H12F5N4P3/c1-4-14(5(2)3)17(10)12-15(6,7)11-16(8,9)13-17/h5H,4H2,1-3H3. The second-order valence-corrected chi connectivity index (χ2v) is 9.00. The Morgan fingerprint density at radius 1 is 0.941 bits per heavy atom. The molecule has 0 bridgehead atoms. The fraction of sp³-hybridized carbons (Fsp3) is 1.00. The first kappa shape index (κ1) is 15.4. The van der Waals surface area contributed by atoms with Crippen molar-refractivity contribution in [2.24, 2.45) is 13.5 Å². The van der Waals surface area contributed by atoms with Crippen molar-refractivity contribution >= 4 is 23.3 Å².